The molecule has 0 aliphatic carbocycles. The van der Waals surface area contributed by atoms with Crippen LogP contribution in [-0.4, -0.2) is 0 Å². The molecule has 1 nitrogen and oxygen atoms in total. The highest BCUT2D eigenvalue weighted by Crippen LogP contribution is 2.49. The van der Waals surface area contributed by atoms with E-state index in [1.165, 1.54) is 53.6 Å². The summed E-state index contributed by atoms with van der Waals surface area (Å²) in [5, 5.41) is 2.65. The fourth-order valence-electron chi connectivity index (χ4n) is 5.56. The first kappa shape index (κ1) is 20.5. The summed E-state index contributed by atoms with van der Waals surface area (Å²) < 4.78 is 9.10. The van der Waals surface area contributed by atoms with Crippen LogP contribution >= 0.6 is 11.3 Å². The standard InChI is InChI=1S/C33H24OS/c1-33(2)27-15-6-7-16-29(27)34-30-20-21(18-19-28(30)33)22-10-3-4-11-23(22)25-13-9-14-26-24-12-5-8-17-31(24)35-32(25)26/h3-20H,1-2H3. The number of para-hydroxylation sites is 1. The van der Waals surface area contributed by atoms with E-state index in [4.69, 9.17) is 4.74 Å². The Labute approximate surface area is 209 Å². The van der Waals surface area contributed by atoms with E-state index >= 15 is 0 Å². The van der Waals surface area contributed by atoms with Gasteiger partial charge in [0.1, 0.15) is 11.5 Å². The topological polar surface area (TPSA) is 9.23 Å². The number of hydrogen-bond donors (Lipinski definition) is 0. The average molecular weight is 469 g/mol. The van der Waals surface area contributed by atoms with E-state index < -0.39 is 0 Å². The lowest BCUT2D eigenvalue weighted by atomic mass is 9.75. The summed E-state index contributed by atoms with van der Waals surface area (Å²) in [5.74, 6) is 1.89. The van der Waals surface area contributed by atoms with Crippen molar-refractivity contribution in [3.8, 4) is 33.8 Å². The van der Waals surface area contributed by atoms with Crippen molar-refractivity contribution >= 4 is 31.5 Å². The van der Waals surface area contributed by atoms with Gasteiger partial charge in [0, 0.05) is 42.3 Å². The number of rotatable bonds is 2. The lowest BCUT2D eigenvalue weighted by Gasteiger charge is -2.34. The van der Waals surface area contributed by atoms with Crippen LogP contribution < -0.4 is 4.74 Å². The van der Waals surface area contributed by atoms with E-state index in [1.807, 2.05) is 17.4 Å². The molecule has 168 valence electrons. The van der Waals surface area contributed by atoms with Crippen molar-refractivity contribution in [3.05, 3.63) is 120 Å². The molecule has 0 fully saturated rings. The van der Waals surface area contributed by atoms with Crippen molar-refractivity contribution < 1.29 is 4.74 Å². The van der Waals surface area contributed by atoms with Crippen molar-refractivity contribution in [2.75, 3.05) is 0 Å². The third-order valence-electron chi connectivity index (χ3n) is 7.37. The third-order valence-corrected chi connectivity index (χ3v) is 8.59. The Balaban J connectivity index is 1.41. The number of fused-ring (bicyclic) bond motifs is 5. The van der Waals surface area contributed by atoms with Crippen LogP contribution in [0, 0.1) is 0 Å². The number of thiophene rings is 1. The largest absolute Gasteiger partial charge is 0.457 e. The molecule has 0 radical (unpaired) electrons. The molecule has 2 heterocycles. The quantitative estimate of drug-likeness (QED) is 0.246. The van der Waals surface area contributed by atoms with Gasteiger partial charge >= 0.3 is 0 Å². The summed E-state index contributed by atoms with van der Waals surface area (Å²) in [6, 6.07) is 39.2. The van der Waals surface area contributed by atoms with Crippen molar-refractivity contribution in [2.24, 2.45) is 0 Å². The highest BCUT2D eigenvalue weighted by Gasteiger charge is 2.34. The molecular formula is C33H24OS. The molecule has 0 unspecified atom stereocenters. The van der Waals surface area contributed by atoms with Crippen LogP contribution in [0.2, 0.25) is 0 Å². The lowest BCUT2D eigenvalue weighted by molar-refractivity contribution is 0.418. The first-order valence-electron chi connectivity index (χ1n) is 12.0. The van der Waals surface area contributed by atoms with Gasteiger partial charge in [0.2, 0.25) is 0 Å². The van der Waals surface area contributed by atoms with Crippen LogP contribution in [0.1, 0.15) is 25.0 Å². The zero-order valence-corrected chi connectivity index (χ0v) is 20.5. The van der Waals surface area contributed by atoms with Gasteiger partial charge in [-0.05, 0) is 34.9 Å². The maximum absolute atomic E-state index is 6.43. The van der Waals surface area contributed by atoms with E-state index in [-0.39, 0.29) is 5.41 Å². The molecule has 0 atom stereocenters. The first-order chi connectivity index (χ1) is 17.1. The molecular weight excluding hydrogens is 444 g/mol. The second-order valence-corrected chi connectivity index (χ2v) is 10.8. The second-order valence-electron chi connectivity index (χ2n) is 9.76. The van der Waals surface area contributed by atoms with E-state index in [0.717, 1.165) is 11.5 Å². The Bertz CT molecular complexity index is 1750. The number of hydrogen-bond acceptors (Lipinski definition) is 2. The molecule has 2 heteroatoms. The molecule has 0 N–H and O–H groups in total. The highest BCUT2D eigenvalue weighted by atomic mass is 32.1. The smallest absolute Gasteiger partial charge is 0.132 e. The molecule has 6 aromatic rings. The summed E-state index contributed by atoms with van der Waals surface area (Å²) in [7, 11) is 0. The predicted molar refractivity (Wildman–Crippen MR) is 149 cm³/mol. The van der Waals surface area contributed by atoms with Gasteiger partial charge in [-0.1, -0.05) is 105 Å². The van der Waals surface area contributed by atoms with Gasteiger partial charge in [-0.3, -0.25) is 0 Å². The Morgan fingerprint density at radius 2 is 1.26 bits per heavy atom. The van der Waals surface area contributed by atoms with Crippen molar-refractivity contribution in [3.63, 3.8) is 0 Å². The summed E-state index contributed by atoms with van der Waals surface area (Å²) >= 11 is 1.88. The maximum atomic E-state index is 6.43. The Morgan fingerprint density at radius 1 is 0.571 bits per heavy atom. The fraction of sp³-hybridized carbons (Fsp3) is 0.0909. The predicted octanol–water partition coefficient (Wildman–Crippen LogP) is 9.82. The van der Waals surface area contributed by atoms with Crippen molar-refractivity contribution in [2.45, 2.75) is 19.3 Å². The van der Waals surface area contributed by atoms with Gasteiger partial charge in [-0.2, -0.15) is 0 Å². The lowest BCUT2D eigenvalue weighted by Crippen LogP contribution is -2.24. The van der Waals surface area contributed by atoms with Crippen LogP contribution in [0.4, 0.5) is 0 Å². The van der Waals surface area contributed by atoms with Gasteiger partial charge in [-0.15, -0.1) is 11.3 Å². The fourth-order valence-corrected chi connectivity index (χ4v) is 6.79. The van der Waals surface area contributed by atoms with Crippen LogP contribution in [-0.2, 0) is 5.41 Å². The Kier molecular flexibility index (Phi) is 4.43. The third kappa shape index (κ3) is 3.07. The Hall–Kier alpha value is -3.88. The SMILES string of the molecule is CC1(C)c2ccccc2Oc2cc(-c3ccccc3-c3cccc4c3sc3ccccc34)ccc21. The molecule has 1 aliphatic heterocycles. The second kappa shape index (κ2) is 7.56. The highest BCUT2D eigenvalue weighted by molar-refractivity contribution is 7.26. The minimum atomic E-state index is -0.106. The van der Waals surface area contributed by atoms with E-state index in [0.29, 0.717) is 0 Å². The minimum absolute atomic E-state index is 0.106. The van der Waals surface area contributed by atoms with Crippen LogP contribution in [0.15, 0.2) is 109 Å². The van der Waals surface area contributed by atoms with E-state index in [2.05, 4.69) is 117 Å². The van der Waals surface area contributed by atoms with Crippen LogP contribution in [0.5, 0.6) is 11.5 Å². The number of benzene rings is 5. The molecule has 0 saturated heterocycles. The molecule has 0 spiro atoms. The van der Waals surface area contributed by atoms with Crippen molar-refractivity contribution in [1.29, 1.82) is 0 Å². The average Bonchev–Trinajstić information content (AvgIpc) is 3.27. The molecule has 1 aliphatic rings. The van der Waals surface area contributed by atoms with Crippen LogP contribution in [0.3, 0.4) is 0 Å². The van der Waals surface area contributed by atoms with Gasteiger partial charge in [0.05, 0.1) is 0 Å². The zero-order valence-electron chi connectivity index (χ0n) is 19.7. The Morgan fingerprint density at radius 3 is 2.17 bits per heavy atom. The maximum Gasteiger partial charge on any atom is 0.132 e. The summed E-state index contributed by atoms with van der Waals surface area (Å²) in [4.78, 5) is 0. The summed E-state index contributed by atoms with van der Waals surface area (Å²) in [6.45, 7) is 4.56. The minimum Gasteiger partial charge on any atom is -0.457 e. The zero-order chi connectivity index (χ0) is 23.6. The first-order valence-corrected chi connectivity index (χ1v) is 12.8. The molecule has 7 rings (SSSR count). The van der Waals surface area contributed by atoms with E-state index in [1.54, 1.807) is 0 Å². The van der Waals surface area contributed by atoms with Gasteiger partial charge in [-0.25, -0.2) is 0 Å². The molecule has 0 amide bonds. The molecule has 1 aromatic heterocycles. The monoisotopic (exact) mass is 468 g/mol. The van der Waals surface area contributed by atoms with Crippen molar-refractivity contribution in [1.82, 2.24) is 0 Å². The van der Waals surface area contributed by atoms with Crippen LogP contribution in [0.25, 0.3) is 42.4 Å². The molecule has 0 saturated carbocycles. The molecule has 35 heavy (non-hydrogen) atoms. The van der Waals surface area contributed by atoms with Gasteiger partial charge < -0.3 is 4.74 Å². The van der Waals surface area contributed by atoms with E-state index in [9.17, 15) is 0 Å². The normalized spacial score (nSPS) is 13.9. The van der Waals surface area contributed by atoms with Gasteiger partial charge in [0.15, 0.2) is 0 Å². The molecule has 5 aromatic carbocycles. The summed E-state index contributed by atoms with van der Waals surface area (Å²) in [6.07, 6.45) is 0. The summed E-state index contributed by atoms with van der Waals surface area (Å²) in [5.41, 5.74) is 7.28. The number of ether oxygens (including phenoxy) is 1. The van der Waals surface area contributed by atoms with Gasteiger partial charge in [0.25, 0.3) is 0 Å². The molecule has 0 bridgehead atoms.